The van der Waals surface area contributed by atoms with Crippen molar-refractivity contribution in [1.82, 2.24) is 0 Å². The van der Waals surface area contributed by atoms with Crippen LogP contribution in [0.4, 0.5) is 8.78 Å². The molecule has 1 aromatic rings. The van der Waals surface area contributed by atoms with Gasteiger partial charge in [-0.25, -0.2) is 8.78 Å². The van der Waals surface area contributed by atoms with E-state index >= 15 is 0 Å². The second-order valence-corrected chi connectivity index (χ2v) is 3.71. The van der Waals surface area contributed by atoms with Crippen LogP contribution in [0.15, 0.2) is 12.1 Å². The van der Waals surface area contributed by atoms with Crippen LogP contribution in [0.3, 0.4) is 0 Å². The molecule has 2 N–H and O–H groups in total. The van der Waals surface area contributed by atoms with Gasteiger partial charge in [0.2, 0.25) is 0 Å². The van der Waals surface area contributed by atoms with Crippen LogP contribution in [0, 0.1) is 11.6 Å². The van der Waals surface area contributed by atoms with Crippen LogP contribution in [0.2, 0.25) is 0 Å². The van der Waals surface area contributed by atoms with E-state index < -0.39 is 11.6 Å². The number of halogens is 2. The fourth-order valence-electron chi connectivity index (χ4n) is 1.70. The Kier molecular flexibility index (Phi) is 2.61. The smallest absolute Gasteiger partial charge is 0.171 e. The summed E-state index contributed by atoms with van der Waals surface area (Å²) < 4.78 is 32.2. The maximum absolute atomic E-state index is 13.8. The minimum Gasteiger partial charge on any atom is -0.491 e. The molecule has 0 unspecified atom stereocenters. The molecule has 15 heavy (non-hydrogen) atoms. The summed E-state index contributed by atoms with van der Waals surface area (Å²) in [5.41, 5.74) is 5.66. The molecule has 0 heterocycles. The van der Waals surface area contributed by atoms with Gasteiger partial charge in [-0.1, -0.05) is 0 Å². The van der Waals surface area contributed by atoms with E-state index in [0.717, 1.165) is 0 Å². The van der Waals surface area contributed by atoms with Gasteiger partial charge >= 0.3 is 0 Å². The highest BCUT2D eigenvalue weighted by Crippen LogP contribution is 2.43. The third-order valence-corrected chi connectivity index (χ3v) is 2.60. The lowest BCUT2D eigenvalue weighted by Crippen LogP contribution is -2.06. The monoisotopic (exact) mass is 213 g/mol. The summed E-state index contributed by atoms with van der Waals surface area (Å²) in [5, 5.41) is 0. The lowest BCUT2D eigenvalue weighted by atomic mass is 10.1. The molecule has 1 fully saturated rings. The van der Waals surface area contributed by atoms with Crippen molar-refractivity contribution in [3.8, 4) is 5.75 Å². The van der Waals surface area contributed by atoms with Crippen LogP contribution < -0.4 is 10.5 Å². The zero-order valence-corrected chi connectivity index (χ0v) is 8.47. The Balaban J connectivity index is 2.38. The van der Waals surface area contributed by atoms with Crippen LogP contribution >= 0.6 is 0 Å². The summed E-state index contributed by atoms with van der Waals surface area (Å²) in [6.07, 6.45) is 0.642. The number of hydrogen-bond acceptors (Lipinski definition) is 2. The number of nitrogens with two attached hydrogens (primary N) is 1. The van der Waals surface area contributed by atoms with E-state index in [2.05, 4.69) is 0 Å². The summed E-state index contributed by atoms with van der Waals surface area (Å²) in [6, 6.07) is 2.42. The van der Waals surface area contributed by atoms with E-state index in [0.29, 0.717) is 13.0 Å². The van der Waals surface area contributed by atoms with Crippen molar-refractivity contribution < 1.29 is 13.5 Å². The van der Waals surface area contributed by atoms with Crippen LogP contribution in [-0.4, -0.2) is 12.6 Å². The first-order valence-corrected chi connectivity index (χ1v) is 5.01. The van der Waals surface area contributed by atoms with Crippen molar-refractivity contribution in [3.05, 3.63) is 29.3 Å². The van der Waals surface area contributed by atoms with E-state index in [9.17, 15) is 8.78 Å². The van der Waals surface area contributed by atoms with Crippen molar-refractivity contribution in [1.29, 1.82) is 0 Å². The predicted octanol–water partition coefficient (Wildman–Crippen LogP) is 2.18. The van der Waals surface area contributed by atoms with Gasteiger partial charge in [-0.3, -0.25) is 0 Å². The fourth-order valence-corrected chi connectivity index (χ4v) is 1.70. The fraction of sp³-hybridized carbons (Fsp3) is 0.455. The Hall–Kier alpha value is -1.16. The summed E-state index contributed by atoms with van der Waals surface area (Å²) in [4.78, 5) is 0. The van der Waals surface area contributed by atoms with Crippen molar-refractivity contribution in [2.24, 2.45) is 5.73 Å². The quantitative estimate of drug-likeness (QED) is 0.835. The number of ether oxygens (including phenoxy) is 1. The van der Waals surface area contributed by atoms with Gasteiger partial charge in [0.25, 0.3) is 0 Å². The van der Waals surface area contributed by atoms with Crippen molar-refractivity contribution >= 4 is 0 Å². The molecule has 1 aliphatic rings. The highest BCUT2D eigenvalue weighted by molar-refractivity contribution is 5.38. The van der Waals surface area contributed by atoms with E-state index in [4.69, 9.17) is 10.5 Å². The molecule has 1 aliphatic carbocycles. The standard InChI is InChI=1S/C11H13F2NO/c1-2-15-9-4-3-7(12)10(11(9)13)6-5-8(6)14/h3-4,6,8H,2,5,14H2,1H3/t6-,8+/m0/s1. The molecule has 0 spiro atoms. The van der Waals surface area contributed by atoms with E-state index in [1.54, 1.807) is 6.92 Å². The maximum atomic E-state index is 13.8. The Morgan fingerprint density at radius 1 is 1.47 bits per heavy atom. The molecule has 0 aromatic heterocycles. The SMILES string of the molecule is CCOc1ccc(F)c([C@H]2C[C@H]2N)c1F. The molecule has 0 amide bonds. The number of benzene rings is 1. The lowest BCUT2D eigenvalue weighted by Gasteiger charge is -2.09. The first-order valence-electron chi connectivity index (χ1n) is 5.01. The molecule has 0 saturated heterocycles. The van der Waals surface area contributed by atoms with Crippen LogP contribution in [-0.2, 0) is 0 Å². The van der Waals surface area contributed by atoms with Crippen LogP contribution in [0.25, 0.3) is 0 Å². The first kappa shape index (κ1) is 10.4. The number of hydrogen-bond donors (Lipinski definition) is 1. The Bertz CT molecular complexity index is 381. The molecule has 0 bridgehead atoms. The third-order valence-electron chi connectivity index (χ3n) is 2.60. The van der Waals surface area contributed by atoms with Crippen molar-refractivity contribution in [2.75, 3.05) is 6.61 Å². The average Bonchev–Trinajstić information content (AvgIpc) is 2.88. The molecular formula is C11H13F2NO. The predicted molar refractivity (Wildman–Crippen MR) is 52.9 cm³/mol. The van der Waals surface area contributed by atoms with Gasteiger partial charge in [0.15, 0.2) is 11.6 Å². The Labute approximate surface area is 87.0 Å². The second-order valence-electron chi connectivity index (χ2n) is 3.71. The summed E-state index contributed by atoms with van der Waals surface area (Å²) >= 11 is 0. The van der Waals surface area contributed by atoms with E-state index in [1.807, 2.05) is 0 Å². The van der Waals surface area contributed by atoms with Crippen molar-refractivity contribution in [3.63, 3.8) is 0 Å². The molecular weight excluding hydrogens is 200 g/mol. The van der Waals surface area contributed by atoms with Gasteiger partial charge in [-0.2, -0.15) is 0 Å². The molecule has 0 radical (unpaired) electrons. The number of rotatable bonds is 3. The summed E-state index contributed by atoms with van der Waals surface area (Å²) in [7, 11) is 0. The van der Waals surface area contributed by atoms with Gasteiger partial charge in [-0.15, -0.1) is 0 Å². The van der Waals surface area contributed by atoms with E-state index in [-0.39, 0.29) is 23.3 Å². The lowest BCUT2D eigenvalue weighted by molar-refractivity contribution is 0.318. The topological polar surface area (TPSA) is 35.2 Å². The molecule has 4 heteroatoms. The molecule has 1 saturated carbocycles. The van der Waals surface area contributed by atoms with Gasteiger partial charge in [0.1, 0.15) is 5.82 Å². The molecule has 2 nitrogen and oxygen atoms in total. The minimum absolute atomic E-state index is 0.0773. The normalized spacial score (nSPS) is 24.0. The Morgan fingerprint density at radius 3 is 2.67 bits per heavy atom. The zero-order valence-electron chi connectivity index (χ0n) is 8.47. The van der Waals surface area contributed by atoms with Gasteiger partial charge in [0, 0.05) is 17.5 Å². The van der Waals surface area contributed by atoms with Crippen molar-refractivity contribution in [2.45, 2.75) is 25.3 Å². The first-order chi connectivity index (χ1) is 7.15. The molecule has 82 valence electrons. The van der Waals surface area contributed by atoms with Gasteiger partial charge in [-0.05, 0) is 25.5 Å². The molecule has 2 rings (SSSR count). The summed E-state index contributed by atoms with van der Waals surface area (Å²) in [5.74, 6) is -1.22. The average molecular weight is 213 g/mol. The van der Waals surface area contributed by atoms with Gasteiger partial charge < -0.3 is 10.5 Å². The van der Waals surface area contributed by atoms with Crippen LogP contribution in [0.5, 0.6) is 5.75 Å². The summed E-state index contributed by atoms with van der Waals surface area (Å²) in [6.45, 7) is 2.12. The zero-order chi connectivity index (χ0) is 11.0. The van der Waals surface area contributed by atoms with E-state index in [1.165, 1.54) is 12.1 Å². The largest absolute Gasteiger partial charge is 0.491 e. The molecule has 2 atom stereocenters. The Morgan fingerprint density at radius 2 is 2.13 bits per heavy atom. The van der Waals surface area contributed by atoms with Gasteiger partial charge in [0.05, 0.1) is 6.61 Å². The van der Waals surface area contributed by atoms with Crippen LogP contribution in [0.1, 0.15) is 24.8 Å². The minimum atomic E-state index is -0.602. The highest BCUT2D eigenvalue weighted by Gasteiger charge is 2.39. The molecule has 1 aromatic carbocycles. The second kappa shape index (κ2) is 3.77. The molecule has 0 aliphatic heterocycles. The highest BCUT2D eigenvalue weighted by atomic mass is 19.1. The third kappa shape index (κ3) is 1.81. The maximum Gasteiger partial charge on any atom is 0.171 e.